The molecule has 3 aliphatic rings. The highest BCUT2D eigenvalue weighted by molar-refractivity contribution is 6.35. The van der Waals surface area contributed by atoms with Crippen LogP contribution >= 0.6 is 11.6 Å². The van der Waals surface area contributed by atoms with E-state index < -0.39 is 17.4 Å². The average Bonchev–Trinajstić information content (AvgIpc) is 3.34. The molecule has 2 N–H and O–H groups in total. The molecule has 2 fully saturated rings. The maximum atomic E-state index is 13.7. The maximum Gasteiger partial charge on any atom is 0.250 e. The van der Waals surface area contributed by atoms with Crippen molar-refractivity contribution >= 4 is 35.0 Å². The first-order valence-electron chi connectivity index (χ1n) is 11.0. The number of nitrogens with one attached hydrogen (secondary N) is 2. The van der Waals surface area contributed by atoms with Crippen LogP contribution in [-0.4, -0.2) is 35.2 Å². The van der Waals surface area contributed by atoms with Crippen LogP contribution in [0.15, 0.2) is 42.5 Å². The molecule has 4 atom stereocenters. The van der Waals surface area contributed by atoms with Gasteiger partial charge in [0.1, 0.15) is 5.54 Å². The minimum atomic E-state index is -1.29. The number of halogens is 1. The Morgan fingerprint density at radius 1 is 1.09 bits per heavy atom. The van der Waals surface area contributed by atoms with Crippen LogP contribution in [0.5, 0.6) is 0 Å². The first kappa shape index (κ1) is 21.2. The zero-order valence-electron chi connectivity index (χ0n) is 18.3. The van der Waals surface area contributed by atoms with Crippen molar-refractivity contribution in [2.24, 2.45) is 17.8 Å². The van der Waals surface area contributed by atoms with Crippen LogP contribution in [0.4, 0.5) is 5.69 Å². The monoisotopic (exact) mass is 451 g/mol. The topological polar surface area (TPSA) is 78.5 Å². The number of hydrogen-bond acceptors (Lipinski definition) is 4. The Hall–Kier alpha value is -2.70. The minimum absolute atomic E-state index is 0.0600. The Kier molecular flexibility index (Phi) is 4.91. The molecule has 5 rings (SSSR count). The van der Waals surface area contributed by atoms with Gasteiger partial charge in [-0.3, -0.25) is 24.6 Å². The van der Waals surface area contributed by atoms with Gasteiger partial charge in [0.15, 0.2) is 0 Å². The van der Waals surface area contributed by atoms with Crippen molar-refractivity contribution in [2.45, 2.75) is 38.8 Å². The summed E-state index contributed by atoms with van der Waals surface area (Å²) >= 11 is 6.45. The van der Waals surface area contributed by atoms with Crippen LogP contribution in [0.3, 0.4) is 0 Å². The number of imide groups is 1. The Bertz CT molecular complexity index is 1130. The van der Waals surface area contributed by atoms with Gasteiger partial charge in [0.25, 0.3) is 0 Å². The highest BCUT2D eigenvalue weighted by Crippen LogP contribution is 2.55. The molecular weight excluding hydrogens is 426 g/mol. The third-order valence-corrected chi connectivity index (χ3v) is 7.43. The van der Waals surface area contributed by atoms with E-state index >= 15 is 0 Å². The normalized spacial score (nSPS) is 28.6. The molecule has 166 valence electrons. The first-order chi connectivity index (χ1) is 15.3. The standard InChI is InChI=1S/C25H26ClN3O3/c1-13(2)20-18-19(23(31)29(22(18)30)10-9-15-7-5-4-6-8-15)25(28-20)16-11-14(3)12-17(26)21(16)27-24(25)32/h4-8,11-13,18-20,28H,9-10H2,1-3H3,(H,27,32). The van der Waals surface area contributed by atoms with Crippen molar-refractivity contribution in [3.05, 3.63) is 64.2 Å². The Labute approximate surface area is 192 Å². The van der Waals surface area contributed by atoms with Crippen LogP contribution in [0.25, 0.3) is 0 Å². The summed E-state index contributed by atoms with van der Waals surface area (Å²) in [4.78, 5) is 42.1. The van der Waals surface area contributed by atoms with Gasteiger partial charge in [-0.25, -0.2) is 0 Å². The zero-order valence-corrected chi connectivity index (χ0v) is 19.1. The van der Waals surface area contributed by atoms with Crippen molar-refractivity contribution in [3.8, 4) is 0 Å². The molecule has 3 aliphatic heterocycles. The van der Waals surface area contributed by atoms with Gasteiger partial charge in [0, 0.05) is 18.2 Å². The predicted molar refractivity (Wildman–Crippen MR) is 122 cm³/mol. The third-order valence-electron chi connectivity index (χ3n) is 7.13. The molecular formula is C25H26ClN3O3. The summed E-state index contributed by atoms with van der Waals surface area (Å²) in [6, 6.07) is 13.2. The molecule has 0 bridgehead atoms. The molecule has 0 aliphatic carbocycles. The van der Waals surface area contributed by atoms with Crippen molar-refractivity contribution in [3.63, 3.8) is 0 Å². The summed E-state index contributed by atoms with van der Waals surface area (Å²) in [6.07, 6.45) is 0.582. The van der Waals surface area contributed by atoms with Gasteiger partial charge in [0.05, 0.1) is 22.5 Å². The molecule has 0 aromatic heterocycles. The summed E-state index contributed by atoms with van der Waals surface area (Å²) in [5, 5.41) is 6.77. The highest BCUT2D eigenvalue weighted by atomic mass is 35.5. The number of nitrogens with zero attached hydrogens (tertiary/aromatic N) is 1. The zero-order chi connectivity index (χ0) is 22.8. The molecule has 32 heavy (non-hydrogen) atoms. The Morgan fingerprint density at radius 2 is 1.81 bits per heavy atom. The number of aryl methyl sites for hydroxylation is 1. The number of likely N-dealkylation sites (tertiary alicyclic amines) is 1. The fourth-order valence-electron chi connectivity index (χ4n) is 5.66. The van der Waals surface area contributed by atoms with Crippen LogP contribution in [0.1, 0.15) is 30.5 Å². The quantitative estimate of drug-likeness (QED) is 0.699. The highest BCUT2D eigenvalue weighted by Gasteiger charge is 2.70. The fourth-order valence-corrected chi connectivity index (χ4v) is 5.99. The lowest BCUT2D eigenvalue weighted by Gasteiger charge is -2.30. The fraction of sp³-hybridized carbons (Fsp3) is 0.400. The molecule has 2 aromatic carbocycles. The van der Waals surface area contributed by atoms with E-state index in [0.29, 0.717) is 29.2 Å². The Balaban J connectivity index is 1.58. The average molecular weight is 452 g/mol. The SMILES string of the molecule is Cc1cc(Cl)c2c(c1)C1(NC(C(C)C)C3C(=O)N(CCc4ccccc4)C(=O)C31)C(=O)N2. The predicted octanol–water partition coefficient (Wildman–Crippen LogP) is 3.27. The van der Waals surface area contributed by atoms with Crippen LogP contribution < -0.4 is 10.6 Å². The molecule has 0 saturated carbocycles. The summed E-state index contributed by atoms with van der Waals surface area (Å²) < 4.78 is 0. The van der Waals surface area contributed by atoms with E-state index in [0.717, 1.165) is 11.1 Å². The lowest BCUT2D eigenvalue weighted by atomic mass is 9.75. The summed E-state index contributed by atoms with van der Waals surface area (Å²) in [5.74, 6) is -2.12. The number of carbonyl (C=O) groups is 3. The van der Waals surface area contributed by atoms with E-state index in [-0.39, 0.29) is 29.7 Å². The van der Waals surface area contributed by atoms with Gasteiger partial charge in [-0.05, 0) is 36.5 Å². The van der Waals surface area contributed by atoms with Crippen molar-refractivity contribution in [2.75, 3.05) is 11.9 Å². The van der Waals surface area contributed by atoms with Gasteiger partial charge in [-0.2, -0.15) is 0 Å². The first-order valence-corrected chi connectivity index (χ1v) is 11.4. The summed E-state index contributed by atoms with van der Waals surface area (Å²) in [6.45, 7) is 6.23. The van der Waals surface area contributed by atoms with Gasteiger partial charge in [0.2, 0.25) is 17.7 Å². The second-order valence-electron chi connectivity index (χ2n) is 9.41. The lowest BCUT2D eigenvalue weighted by molar-refractivity contribution is -0.142. The van der Waals surface area contributed by atoms with E-state index in [1.165, 1.54) is 4.90 Å². The summed E-state index contributed by atoms with van der Waals surface area (Å²) in [7, 11) is 0. The minimum Gasteiger partial charge on any atom is -0.323 e. The van der Waals surface area contributed by atoms with Crippen LogP contribution in [-0.2, 0) is 26.3 Å². The maximum absolute atomic E-state index is 13.7. The number of carbonyl (C=O) groups excluding carboxylic acids is 3. The molecule has 6 nitrogen and oxygen atoms in total. The molecule has 1 spiro atoms. The van der Waals surface area contributed by atoms with E-state index in [1.807, 2.05) is 57.2 Å². The van der Waals surface area contributed by atoms with Crippen LogP contribution in [0, 0.1) is 24.7 Å². The lowest BCUT2D eigenvalue weighted by Crippen LogP contribution is -2.54. The number of hydrogen-bond donors (Lipinski definition) is 2. The van der Waals surface area contributed by atoms with Crippen LogP contribution in [0.2, 0.25) is 5.02 Å². The largest absolute Gasteiger partial charge is 0.323 e. The van der Waals surface area contributed by atoms with E-state index in [9.17, 15) is 14.4 Å². The molecule has 2 aromatic rings. The Morgan fingerprint density at radius 3 is 2.50 bits per heavy atom. The molecule has 4 unspecified atom stereocenters. The van der Waals surface area contributed by atoms with E-state index in [1.54, 1.807) is 6.07 Å². The number of amides is 3. The molecule has 3 heterocycles. The molecule has 0 radical (unpaired) electrons. The summed E-state index contributed by atoms with van der Waals surface area (Å²) in [5.41, 5.74) is 1.86. The van der Waals surface area contributed by atoms with Gasteiger partial charge >= 0.3 is 0 Å². The van der Waals surface area contributed by atoms with Gasteiger partial charge in [-0.15, -0.1) is 0 Å². The van der Waals surface area contributed by atoms with Crippen molar-refractivity contribution < 1.29 is 14.4 Å². The van der Waals surface area contributed by atoms with Gasteiger partial charge in [-0.1, -0.05) is 61.8 Å². The number of rotatable bonds is 4. The smallest absolute Gasteiger partial charge is 0.250 e. The third kappa shape index (κ3) is 2.86. The van der Waals surface area contributed by atoms with Crippen molar-refractivity contribution in [1.82, 2.24) is 10.2 Å². The number of fused-ring (bicyclic) bond motifs is 4. The molecule has 7 heteroatoms. The number of anilines is 1. The van der Waals surface area contributed by atoms with E-state index in [2.05, 4.69) is 10.6 Å². The second-order valence-corrected chi connectivity index (χ2v) is 9.82. The molecule has 3 amide bonds. The number of benzene rings is 2. The van der Waals surface area contributed by atoms with Gasteiger partial charge < -0.3 is 5.32 Å². The second kappa shape index (κ2) is 7.42. The molecule has 2 saturated heterocycles. The van der Waals surface area contributed by atoms with E-state index in [4.69, 9.17) is 11.6 Å². The van der Waals surface area contributed by atoms with Crippen molar-refractivity contribution in [1.29, 1.82) is 0 Å².